The molecule has 1 aliphatic heterocycles. The first-order valence-electron chi connectivity index (χ1n) is 10.3. The molecule has 0 radical (unpaired) electrons. The van der Waals surface area contributed by atoms with E-state index >= 15 is 0 Å². The molecule has 2 aliphatic rings. The Morgan fingerprint density at radius 1 is 1.10 bits per heavy atom. The highest BCUT2D eigenvalue weighted by Gasteiger charge is 2.39. The van der Waals surface area contributed by atoms with Crippen molar-refractivity contribution in [2.75, 3.05) is 7.11 Å². The minimum atomic E-state index is -0.660. The van der Waals surface area contributed by atoms with Gasteiger partial charge in [0, 0.05) is 5.56 Å². The highest BCUT2D eigenvalue weighted by molar-refractivity contribution is 6.22. The Labute approximate surface area is 179 Å². The summed E-state index contributed by atoms with van der Waals surface area (Å²) in [6, 6.07) is 7.85. The smallest absolute Gasteiger partial charge is 0.307 e. The summed E-state index contributed by atoms with van der Waals surface area (Å²) in [4.78, 5) is 51.5. The number of ether oxygens (including phenoxy) is 1. The van der Waals surface area contributed by atoms with Crippen LogP contribution in [-0.4, -0.2) is 41.2 Å². The van der Waals surface area contributed by atoms with Gasteiger partial charge in [0.25, 0.3) is 17.7 Å². The summed E-state index contributed by atoms with van der Waals surface area (Å²) in [5.41, 5.74) is 0.0616. The van der Waals surface area contributed by atoms with Crippen LogP contribution in [0.25, 0.3) is 0 Å². The van der Waals surface area contributed by atoms with Gasteiger partial charge in [0.15, 0.2) is 0 Å². The molecular formula is C23H24N2O6. The number of nitrogens with one attached hydrogen (secondary N) is 1. The van der Waals surface area contributed by atoms with E-state index in [0.29, 0.717) is 18.6 Å². The van der Waals surface area contributed by atoms with Gasteiger partial charge < -0.3 is 14.5 Å². The molecule has 1 aromatic carbocycles. The third-order valence-corrected chi connectivity index (χ3v) is 6.03. The molecule has 8 heteroatoms. The van der Waals surface area contributed by atoms with Gasteiger partial charge in [-0.3, -0.25) is 24.1 Å². The van der Waals surface area contributed by atoms with Gasteiger partial charge in [-0.05, 0) is 43.2 Å². The average Bonchev–Trinajstić information content (AvgIpc) is 3.37. The molecule has 1 aliphatic carbocycles. The number of benzene rings is 1. The quantitative estimate of drug-likeness (QED) is 0.564. The number of nitrogens with zero attached hydrogens (tertiary/aromatic N) is 1. The van der Waals surface area contributed by atoms with Crippen LogP contribution in [0.5, 0.6) is 0 Å². The zero-order chi connectivity index (χ0) is 22.0. The predicted octanol–water partition coefficient (Wildman–Crippen LogP) is 3.07. The van der Waals surface area contributed by atoms with E-state index in [1.807, 2.05) is 0 Å². The van der Waals surface area contributed by atoms with E-state index in [4.69, 9.17) is 9.15 Å². The lowest BCUT2D eigenvalue weighted by molar-refractivity contribution is -0.142. The van der Waals surface area contributed by atoms with Gasteiger partial charge in [-0.1, -0.05) is 19.3 Å². The van der Waals surface area contributed by atoms with Crippen LogP contribution in [0.4, 0.5) is 0 Å². The third-order valence-electron chi connectivity index (χ3n) is 6.03. The van der Waals surface area contributed by atoms with E-state index < -0.39 is 17.4 Å². The van der Waals surface area contributed by atoms with Crippen molar-refractivity contribution in [3.8, 4) is 0 Å². The molecule has 1 fully saturated rings. The molecule has 3 amide bonds. The first-order chi connectivity index (χ1) is 14.9. The number of rotatable bonds is 6. The van der Waals surface area contributed by atoms with E-state index in [0.717, 1.165) is 24.2 Å². The lowest BCUT2D eigenvalue weighted by Crippen LogP contribution is -2.51. The zero-order valence-corrected chi connectivity index (χ0v) is 17.3. The van der Waals surface area contributed by atoms with E-state index in [1.54, 1.807) is 12.1 Å². The Hall–Kier alpha value is -3.42. The molecule has 0 spiro atoms. The highest BCUT2D eigenvalue weighted by atomic mass is 16.5. The molecule has 4 rings (SSSR count). The molecule has 1 saturated carbocycles. The molecule has 2 aromatic rings. The first-order valence-corrected chi connectivity index (χ1v) is 10.3. The van der Waals surface area contributed by atoms with Crippen LogP contribution in [0.15, 0.2) is 41.0 Å². The zero-order valence-electron chi connectivity index (χ0n) is 17.3. The number of furan rings is 1. The summed E-state index contributed by atoms with van der Waals surface area (Å²) in [5, 5.41) is 3.01. The van der Waals surface area contributed by atoms with E-state index in [2.05, 4.69) is 5.32 Å². The topological polar surface area (TPSA) is 106 Å². The van der Waals surface area contributed by atoms with Crippen LogP contribution >= 0.6 is 0 Å². The number of hydrogen-bond donors (Lipinski definition) is 1. The van der Waals surface area contributed by atoms with Crippen molar-refractivity contribution >= 4 is 23.7 Å². The predicted molar refractivity (Wildman–Crippen MR) is 109 cm³/mol. The number of methoxy groups -OCH3 is 1. The lowest BCUT2D eigenvalue weighted by Gasteiger charge is -2.37. The molecule has 0 atom stereocenters. The Morgan fingerprint density at radius 2 is 1.84 bits per heavy atom. The van der Waals surface area contributed by atoms with Crippen molar-refractivity contribution in [2.24, 2.45) is 0 Å². The maximum absolute atomic E-state index is 13.0. The number of imide groups is 1. The highest BCUT2D eigenvalue weighted by Crippen LogP contribution is 2.32. The van der Waals surface area contributed by atoms with Gasteiger partial charge >= 0.3 is 5.97 Å². The maximum atomic E-state index is 13.0. The van der Waals surface area contributed by atoms with E-state index in [-0.39, 0.29) is 41.5 Å². The van der Waals surface area contributed by atoms with Crippen LogP contribution in [-0.2, 0) is 16.1 Å². The minimum Gasteiger partial charge on any atom is -0.469 e. The fraction of sp³-hybridized carbons (Fsp3) is 0.391. The molecule has 8 nitrogen and oxygen atoms in total. The molecule has 31 heavy (non-hydrogen) atoms. The van der Waals surface area contributed by atoms with Gasteiger partial charge in [0.2, 0.25) is 0 Å². The molecule has 0 bridgehead atoms. The van der Waals surface area contributed by atoms with Crippen molar-refractivity contribution < 1.29 is 28.3 Å². The SMILES string of the molecule is COC(=O)CC1(NC(=O)c2ccc3c(c2)C(=O)N(Cc2ccco2)C3=O)CCCCC1. The van der Waals surface area contributed by atoms with Gasteiger partial charge in [0.1, 0.15) is 5.76 Å². The molecule has 1 aromatic heterocycles. The Kier molecular flexibility index (Phi) is 5.63. The molecular weight excluding hydrogens is 400 g/mol. The van der Waals surface area contributed by atoms with Crippen LogP contribution in [0.1, 0.15) is 75.4 Å². The van der Waals surface area contributed by atoms with Crippen molar-refractivity contribution in [1.29, 1.82) is 0 Å². The van der Waals surface area contributed by atoms with E-state index in [9.17, 15) is 19.2 Å². The molecule has 0 unspecified atom stereocenters. The second-order valence-corrected chi connectivity index (χ2v) is 8.08. The lowest BCUT2D eigenvalue weighted by atomic mass is 9.79. The summed E-state index contributed by atoms with van der Waals surface area (Å²) in [6.45, 7) is 0.0309. The number of hydrogen-bond acceptors (Lipinski definition) is 6. The van der Waals surface area contributed by atoms with Crippen molar-refractivity contribution in [3.63, 3.8) is 0 Å². The molecule has 2 heterocycles. The largest absolute Gasteiger partial charge is 0.469 e. The summed E-state index contributed by atoms with van der Waals surface area (Å²) in [5.74, 6) is -1.14. The minimum absolute atomic E-state index is 0.0309. The number of carbonyl (C=O) groups is 4. The number of esters is 1. The number of carbonyl (C=O) groups excluding carboxylic acids is 4. The summed E-state index contributed by atoms with van der Waals surface area (Å²) in [7, 11) is 1.33. The third kappa shape index (κ3) is 4.10. The standard InChI is InChI=1S/C23H24N2O6/c1-30-19(26)13-23(9-3-2-4-10-23)24-20(27)15-7-8-17-18(12-15)22(29)25(21(17)28)14-16-6-5-11-31-16/h5-8,11-12H,2-4,9-10,13-14H2,1H3,(H,24,27). The number of fused-ring (bicyclic) bond motifs is 1. The Bertz CT molecular complexity index is 1020. The van der Waals surface area contributed by atoms with Crippen molar-refractivity contribution in [3.05, 3.63) is 59.0 Å². The Balaban J connectivity index is 1.54. The van der Waals surface area contributed by atoms with Gasteiger partial charge in [-0.15, -0.1) is 0 Å². The van der Waals surface area contributed by atoms with Crippen LogP contribution in [0.3, 0.4) is 0 Å². The maximum Gasteiger partial charge on any atom is 0.307 e. The van der Waals surface area contributed by atoms with Crippen molar-refractivity contribution in [1.82, 2.24) is 10.2 Å². The molecule has 0 saturated heterocycles. The summed E-state index contributed by atoms with van der Waals surface area (Å²) in [6.07, 6.45) is 5.84. The average molecular weight is 424 g/mol. The van der Waals surface area contributed by atoms with Crippen molar-refractivity contribution in [2.45, 2.75) is 50.6 Å². The monoisotopic (exact) mass is 424 g/mol. The fourth-order valence-corrected chi connectivity index (χ4v) is 4.37. The fourth-order valence-electron chi connectivity index (χ4n) is 4.37. The van der Waals surface area contributed by atoms with Gasteiger partial charge in [-0.2, -0.15) is 0 Å². The normalized spacial score (nSPS) is 17.4. The summed E-state index contributed by atoms with van der Waals surface area (Å²) < 4.78 is 10.1. The molecule has 162 valence electrons. The summed E-state index contributed by atoms with van der Waals surface area (Å²) >= 11 is 0. The second kappa shape index (κ2) is 8.37. The second-order valence-electron chi connectivity index (χ2n) is 8.08. The van der Waals surface area contributed by atoms with Crippen LogP contribution in [0, 0.1) is 0 Å². The van der Waals surface area contributed by atoms with Crippen LogP contribution < -0.4 is 5.32 Å². The van der Waals surface area contributed by atoms with Gasteiger partial charge in [-0.25, -0.2) is 0 Å². The molecule has 1 N–H and O–H groups in total. The number of amides is 3. The Morgan fingerprint density at radius 3 is 2.52 bits per heavy atom. The van der Waals surface area contributed by atoms with E-state index in [1.165, 1.54) is 31.6 Å². The van der Waals surface area contributed by atoms with Gasteiger partial charge in [0.05, 0.1) is 43.0 Å². The van der Waals surface area contributed by atoms with Crippen LogP contribution in [0.2, 0.25) is 0 Å². The first kappa shape index (κ1) is 20.8.